The summed E-state index contributed by atoms with van der Waals surface area (Å²) in [6.07, 6.45) is 41.1. The lowest BCUT2D eigenvalue weighted by molar-refractivity contribution is 0.160. The molecule has 0 radical (unpaired) electrons. The largest absolute Gasteiger partial charge is 0.298 e. The van der Waals surface area contributed by atoms with Gasteiger partial charge in [-0.1, -0.05) is 161 Å². The van der Waals surface area contributed by atoms with Crippen molar-refractivity contribution in [3.05, 3.63) is 12.2 Å². The highest BCUT2D eigenvalue weighted by molar-refractivity contribution is 4.95. The zero-order chi connectivity index (χ0) is 25.1. The van der Waals surface area contributed by atoms with Gasteiger partial charge >= 0.3 is 0 Å². The van der Waals surface area contributed by atoms with E-state index in [4.69, 9.17) is 0 Å². The minimum atomic E-state index is 0.490. The molecule has 0 aromatic rings. The van der Waals surface area contributed by atoms with Crippen LogP contribution in [0, 0.1) is 0 Å². The van der Waals surface area contributed by atoms with Crippen LogP contribution in [0.15, 0.2) is 12.2 Å². The normalized spacial score (nSPS) is 17.0. The summed E-state index contributed by atoms with van der Waals surface area (Å²) in [4.78, 5) is 2.69. The summed E-state index contributed by atoms with van der Waals surface area (Å²) < 4.78 is 0. The van der Waals surface area contributed by atoms with Crippen molar-refractivity contribution in [3.63, 3.8) is 0 Å². The maximum atomic E-state index is 3.74. The molecule has 1 unspecified atom stereocenters. The van der Waals surface area contributed by atoms with Gasteiger partial charge in [0, 0.05) is 6.54 Å². The minimum absolute atomic E-state index is 0.490. The molecule has 1 rings (SSSR count). The second kappa shape index (κ2) is 26.7. The first-order valence-electron chi connectivity index (χ1n) is 16.5. The highest BCUT2D eigenvalue weighted by atomic mass is 15.3. The molecule has 1 heterocycles. The number of rotatable bonds is 26. The lowest BCUT2D eigenvalue weighted by atomic mass is 10.0. The lowest BCUT2D eigenvalue weighted by Gasteiger charge is -2.34. The van der Waals surface area contributed by atoms with Gasteiger partial charge in [-0.05, 0) is 38.8 Å². The Morgan fingerprint density at radius 1 is 0.571 bits per heavy atom. The molecule has 0 amide bonds. The van der Waals surface area contributed by atoms with E-state index in [1.165, 1.54) is 180 Å². The summed E-state index contributed by atoms with van der Waals surface area (Å²) in [6, 6.07) is 0. The summed E-state index contributed by atoms with van der Waals surface area (Å²) in [5, 5.41) is 3.74. The molecule has 0 bridgehead atoms. The van der Waals surface area contributed by atoms with Gasteiger partial charge in [0.2, 0.25) is 0 Å². The molecule has 2 heteroatoms. The van der Waals surface area contributed by atoms with Crippen molar-refractivity contribution >= 4 is 0 Å². The number of hydrogen-bond donors (Lipinski definition) is 1. The van der Waals surface area contributed by atoms with Gasteiger partial charge in [0.15, 0.2) is 0 Å². The SMILES string of the molecule is CCCCCCCCCCCCCCCC=CC1NCCCN1CCCCCCCCCCCC. The first-order valence-corrected chi connectivity index (χ1v) is 16.5. The van der Waals surface area contributed by atoms with Crippen molar-refractivity contribution in [1.29, 1.82) is 0 Å². The second-order valence-electron chi connectivity index (χ2n) is 11.4. The van der Waals surface area contributed by atoms with Gasteiger partial charge in [-0.3, -0.25) is 10.2 Å². The highest BCUT2D eigenvalue weighted by Gasteiger charge is 2.18. The first kappa shape index (κ1) is 32.7. The molecule has 0 spiro atoms. The zero-order valence-corrected chi connectivity index (χ0v) is 24.5. The quantitative estimate of drug-likeness (QED) is 0.0957. The molecule has 1 saturated heterocycles. The van der Waals surface area contributed by atoms with Crippen molar-refractivity contribution in [2.24, 2.45) is 0 Å². The maximum Gasteiger partial charge on any atom is 0.0789 e. The third kappa shape index (κ3) is 21.5. The van der Waals surface area contributed by atoms with Crippen LogP contribution >= 0.6 is 0 Å². The summed E-state index contributed by atoms with van der Waals surface area (Å²) in [5.74, 6) is 0. The number of nitrogens with zero attached hydrogens (tertiary/aromatic N) is 1. The van der Waals surface area contributed by atoms with E-state index in [-0.39, 0.29) is 0 Å². The Balaban J connectivity index is 1.93. The molecule has 0 aromatic heterocycles. The van der Waals surface area contributed by atoms with Crippen LogP contribution in [-0.4, -0.2) is 30.7 Å². The Morgan fingerprint density at radius 3 is 1.49 bits per heavy atom. The van der Waals surface area contributed by atoms with Gasteiger partial charge in [0.05, 0.1) is 6.17 Å². The van der Waals surface area contributed by atoms with Crippen LogP contribution in [0.1, 0.15) is 174 Å². The van der Waals surface area contributed by atoms with Crippen LogP contribution in [-0.2, 0) is 0 Å². The molecule has 35 heavy (non-hydrogen) atoms. The van der Waals surface area contributed by atoms with Crippen LogP contribution in [0.4, 0.5) is 0 Å². The van der Waals surface area contributed by atoms with Crippen LogP contribution in [0.2, 0.25) is 0 Å². The van der Waals surface area contributed by atoms with E-state index in [9.17, 15) is 0 Å². The fourth-order valence-corrected chi connectivity index (χ4v) is 5.55. The van der Waals surface area contributed by atoms with Crippen molar-refractivity contribution < 1.29 is 0 Å². The molecule has 2 nitrogen and oxygen atoms in total. The van der Waals surface area contributed by atoms with E-state index in [1.54, 1.807) is 0 Å². The van der Waals surface area contributed by atoms with Gasteiger partial charge < -0.3 is 0 Å². The van der Waals surface area contributed by atoms with E-state index in [0.29, 0.717) is 6.17 Å². The van der Waals surface area contributed by atoms with Crippen molar-refractivity contribution in [2.75, 3.05) is 19.6 Å². The topological polar surface area (TPSA) is 15.3 Å². The molecule has 1 fully saturated rings. The molecule has 208 valence electrons. The number of nitrogens with one attached hydrogen (secondary N) is 1. The maximum absolute atomic E-state index is 3.74. The standard InChI is InChI=1S/C33H66N2/c1-3-5-7-9-11-13-15-16-17-18-19-20-22-24-26-29-33-34-30-28-32-35(33)31-27-25-23-21-14-12-10-8-6-4-2/h26,29,33-34H,3-25,27-28,30-32H2,1-2H3. The molecule has 0 aliphatic carbocycles. The average molecular weight is 491 g/mol. The molecule has 1 aliphatic heterocycles. The van der Waals surface area contributed by atoms with E-state index in [2.05, 4.69) is 36.2 Å². The fraction of sp³-hybridized carbons (Fsp3) is 0.939. The molecule has 1 N–H and O–H groups in total. The van der Waals surface area contributed by atoms with Gasteiger partial charge in [-0.25, -0.2) is 0 Å². The predicted octanol–water partition coefficient (Wildman–Crippen LogP) is 10.6. The van der Waals surface area contributed by atoms with Crippen molar-refractivity contribution in [3.8, 4) is 0 Å². The molecular weight excluding hydrogens is 424 g/mol. The Bertz CT molecular complexity index is 433. The molecule has 0 saturated carbocycles. The number of unbranched alkanes of at least 4 members (excludes halogenated alkanes) is 22. The van der Waals surface area contributed by atoms with Gasteiger partial charge in [-0.15, -0.1) is 0 Å². The van der Waals surface area contributed by atoms with Crippen LogP contribution < -0.4 is 5.32 Å². The first-order chi connectivity index (χ1) is 17.4. The summed E-state index contributed by atoms with van der Waals surface area (Å²) in [6.45, 7) is 8.34. The summed E-state index contributed by atoms with van der Waals surface area (Å²) in [7, 11) is 0. The van der Waals surface area contributed by atoms with E-state index >= 15 is 0 Å². The Hall–Kier alpha value is -0.340. The molecular formula is C33H66N2. The van der Waals surface area contributed by atoms with Gasteiger partial charge in [-0.2, -0.15) is 0 Å². The van der Waals surface area contributed by atoms with Crippen LogP contribution in [0.25, 0.3) is 0 Å². The Morgan fingerprint density at radius 2 is 1.00 bits per heavy atom. The monoisotopic (exact) mass is 491 g/mol. The van der Waals surface area contributed by atoms with Crippen LogP contribution in [0.3, 0.4) is 0 Å². The molecule has 1 aliphatic rings. The third-order valence-electron chi connectivity index (χ3n) is 7.96. The molecule has 0 aromatic carbocycles. The second-order valence-corrected chi connectivity index (χ2v) is 11.4. The predicted molar refractivity (Wildman–Crippen MR) is 159 cm³/mol. The number of allylic oxidation sites excluding steroid dienone is 1. The van der Waals surface area contributed by atoms with Crippen molar-refractivity contribution in [2.45, 2.75) is 181 Å². The third-order valence-corrected chi connectivity index (χ3v) is 7.96. The fourth-order valence-electron chi connectivity index (χ4n) is 5.55. The smallest absolute Gasteiger partial charge is 0.0789 e. The minimum Gasteiger partial charge on any atom is -0.298 e. The van der Waals surface area contributed by atoms with Crippen LogP contribution in [0.5, 0.6) is 0 Å². The van der Waals surface area contributed by atoms with Crippen molar-refractivity contribution in [1.82, 2.24) is 10.2 Å². The average Bonchev–Trinajstić information content (AvgIpc) is 2.88. The summed E-state index contributed by atoms with van der Waals surface area (Å²) >= 11 is 0. The Kier molecular flexibility index (Phi) is 25.0. The highest BCUT2D eigenvalue weighted by Crippen LogP contribution is 2.15. The van der Waals surface area contributed by atoms with Gasteiger partial charge in [0.25, 0.3) is 0 Å². The van der Waals surface area contributed by atoms with E-state index < -0.39 is 0 Å². The Labute approximate surface area is 222 Å². The lowest BCUT2D eigenvalue weighted by Crippen LogP contribution is -2.50. The summed E-state index contributed by atoms with van der Waals surface area (Å²) in [5.41, 5.74) is 0. The zero-order valence-electron chi connectivity index (χ0n) is 24.5. The van der Waals surface area contributed by atoms with E-state index in [0.717, 1.165) is 0 Å². The number of hydrogen-bond acceptors (Lipinski definition) is 2. The van der Waals surface area contributed by atoms with E-state index in [1.807, 2.05) is 0 Å². The molecule has 1 atom stereocenters. The van der Waals surface area contributed by atoms with Gasteiger partial charge in [0.1, 0.15) is 0 Å².